The Bertz CT molecular complexity index is 771. The zero-order chi connectivity index (χ0) is 13.4. The van der Waals surface area contributed by atoms with Gasteiger partial charge in [-0.2, -0.15) is 0 Å². The van der Waals surface area contributed by atoms with E-state index in [2.05, 4.69) is 4.98 Å². The van der Waals surface area contributed by atoms with Crippen molar-refractivity contribution in [1.29, 1.82) is 0 Å². The van der Waals surface area contributed by atoms with E-state index in [1.807, 2.05) is 16.7 Å². The molecule has 0 fully saturated rings. The molecule has 0 aliphatic heterocycles. The first-order chi connectivity index (χ1) is 9.13. The third-order valence-electron chi connectivity index (χ3n) is 2.86. The van der Waals surface area contributed by atoms with E-state index >= 15 is 0 Å². The van der Waals surface area contributed by atoms with E-state index in [4.69, 9.17) is 11.6 Å². The van der Waals surface area contributed by atoms with Crippen molar-refractivity contribution in [2.45, 2.75) is 0 Å². The Morgan fingerprint density at radius 1 is 1.10 bits per heavy atom. The smallest absolute Gasteiger partial charge is 0.284 e. The number of nitro benzene ring substituents is 1. The molecule has 0 aliphatic carbocycles. The van der Waals surface area contributed by atoms with Gasteiger partial charge in [0.15, 0.2) is 5.69 Å². The SMILES string of the molecule is O=[N+]([O-])c1ccc(-c2c[n+]3cc(Cl)ccc3[nH]2)cc1.[Br-]. The normalized spacial score (nSPS) is 10.2. The third kappa shape index (κ3) is 2.66. The van der Waals surface area contributed by atoms with Gasteiger partial charge in [0.05, 0.1) is 9.95 Å². The van der Waals surface area contributed by atoms with Crippen LogP contribution in [0.2, 0.25) is 5.02 Å². The summed E-state index contributed by atoms with van der Waals surface area (Å²) in [6.45, 7) is 0. The van der Waals surface area contributed by atoms with Crippen molar-refractivity contribution in [3.63, 3.8) is 0 Å². The molecular formula is C13H9BrClN3O2. The van der Waals surface area contributed by atoms with Crippen LogP contribution in [0.15, 0.2) is 48.8 Å². The number of hydrogen-bond acceptors (Lipinski definition) is 2. The lowest BCUT2D eigenvalue weighted by molar-refractivity contribution is -0.509. The van der Waals surface area contributed by atoms with Gasteiger partial charge in [-0.05, 0) is 18.2 Å². The summed E-state index contributed by atoms with van der Waals surface area (Å²) in [5, 5.41) is 11.3. The highest BCUT2D eigenvalue weighted by molar-refractivity contribution is 6.30. The van der Waals surface area contributed by atoms with Gasteiger partial charge in [0.25, 0.3) is 11.3 Å². The summed E-state index contributed by atoms with van der Waals surface area (Å²) < 4.78 is 1.87. The summed E-state index contributed by atoms with van der Waals surface area (Å²) >= 11 is 5.92. The molecule has 5 nitrogen and oxygen atoms in total. The molecule has 0 radical (unpaired) electrons. The highest BCUT2D eigenvalue weighted by Gasteiger charge is 2.12. The predicted octanol–water partition coefficient (Wildman–Crippen LogP) is -0.0140. The lowest BCUT2D eigenvalue weighted by atomic mass is 10.1. The maximum absolute atomic E-state index is 10.6. The molecule has 0 bridgehead atoms. The molecule has 0 atom stereocenters. The van der Waals surface area contributed by atoms with Crippen LogP contribution < -0.4 is 21.4 Å². The molecule has 20 heavy (non-hydrogen) atoms. The van der Waals surface area contributed by atoms with Gasteiger partial charge in [0.2, 0.25) is 0 Å². The van der Waals surface area contributed by atoms with Crippen LogP contribution in [-0.2, 0) is 0 Å². The highest BCUT2D eigenvalue weighted by atomic mass is 79.9. The van der Waals surface area contributed by atoms with E-state index in [9.17, 15) is 10.1 Å². The molecule has 0 spiro atoms. The van der Waals surface area contributed by atoms with Crippen molar-refractivity contribution in [3.05, 3.63) is 63.9 Å². The van der Waals surface area contributed by atoms with Crippen LogP contribution in [0.25, 0.3) is 16.9 Å². The number of nitrogens with one attached hydrogen (secondary N) is 1. The summed E-state index contributed by atoms with van der Waals surface area (Å²) in [5.74, 6) is 0. The topological polar surface area (TPSA) is 63.0 Å². The number of nitrogens with zero attached hydrogens (tertiary/aromatic N) is 2. The van der Waals surface area contributed by atoms with E-state index in [1.54, 1.807) is 24.4 Å². The van der Waals surface area contributed by atoms with Gasteiger partial charge >= 0.3 is 0 Å². The van der Waals surface area contributed by atoms with Crippen molar-refractivity contribution in [2.75, 3.05) is 0 Å². The number of nitro groups is 1. The van der Waals surface area contributed by atoms with Crippen LogP contribution in [-0.4, -0.2) is 9.91 Å². The lowest BCUT2D eigenvalue weighted by Crippen LogP contribution is -3.00. The molecule has 0 unspecified atom stereocenters. The number of non-ortho nitro benzene ring substituents is 1. The van der Waals surface area contributed by atoms with E-state index < -0.39 is 4.92 Å². The second-order valence-electron chi connectivity index (χ2n) is 4.11. The van der Waals surface area contributed by atoms with E-state index in [0.717, 1.165) is 16.9 Å². The summed E-state index contributed by atoms with van der Waals surface area (Å²) in [7, 11) is 0. The van der Waals surface area contributed by atoms with Crippen molar-refractivity contribution in [3.8, 4) is 11.3 Å². The molecule has 1 N–H and O–H groups in total. The number of hydrogen-bond donors (Lipinski definition) is 1. The number of rotatable bonds is 2. The number of benzene rings is 1. The molecule has 0 saturated heterocycles. The molecule has 1 aromatic carbocycles. The molecule has 0 amide bonds. The lowest BCUT2D eigenvalue weighted by Gasteiger charge is -1.93. The predicted molar refractivity (Wildman–Crippen MR) is 71.1 cm³/mol. The maximum Gasteiger partial charge on any atom is 0.284 e. The number of halogens is 2. The van der Waals surface area contributed by atoms with Crippen LogP contribution in [0.3, 0.4) is 0 Å². The summed E-state index contributed by atoms with van der Waals surface area (Å²) in [6, 6.07) is 10.1. The Labute approximate surface area is 129 Å². The van der Waals surface area contributed by atoms with Crippen LogP contribution in [0.4, 0.5) is 5.69 Å². The fourth-order valence-corrected chi connectivity index (χ4v) is 2.09. The second kappa shape index (κ2) is 5.60. The first kappa shape index (κ1) is 14.5. The number of H-pyrrole nitrogens is 1. The number of fused-ring (bicyclic) bond motifs is 1. The van der Waals surface area contributed by atoms with Gasteiger partial charge in [-0.1, -0.05) is 11.6 Å². The quantitative estimate of drug-likeness (QED) is 0.400. The molecule has 3 rings (SSSR count). The van der Waals surface area contributed by atoms with Crippen LogP contribution in [0.5, 0.6) is 0 Å². The number of imidazole rings is 1. The minimum atomic E-state index is -0.413. The van der Waals surface area contributed by atoms with Gasteiger partial charge in [-0.25, -0.2) is 9.38 Å². The Morgan fingerprint density at radius 2 is 1.80 bits per heavy atom. The van der Waals surface area contributed by atoms with Crippen molar-refractivity contribution >= 4 is 22.9 Å². The second-order valence-corrected chi connectivity index (χ2v) is 4.55. The molecule has 102 valence electrons. The van der Waals surface area contributed by atoms with Crippen molar-refractivity contribution in [2.24, 2.45) is 0 Å². The zero-order valence-electron chi connectivity index (χ0n) is 10.1. The number of aromatic amines is 1. The van der Waals surface area contributed by atoms with Crippen molar-refractivity contribution < 1.29 is 26.3 Å². The van der Waals surface area contributed by atoms with Crippen molar-refractivity contribution in [1.82, 2.24) is 4.98 Å². The van der Waals surface area contributed by atoms with Crippen LogP contribution in [0, 0.1) is 10.1 Å². The first-order valence-electron chi connectivity index (χ1n) is 5.58. The minimum absolute atomic E-state index is 0. The molecule has 3 aromatic rings. The Hall–Kier alpha value is -1.92. The highest BCUT2D eigenvalue weighted by Crippen LogP contribution is 2.20. The summed E-state index contributed by atoms with van der Waals surface area (Å²) in [6.07, 6.45) is 3.69. The zero-order valence-corrected chi connectivity index (χ0v) is 12.4. The minimum Gasteiger partial charge on any atom is -1.00 e. The average Bonchev–Trinajstić information content (AvgIpc) is 2.81. The summed E-state index contributed by atoms with van der Waals surface area (Å²) in [4.78, 5) is 13.4. The fraction of sp³-hybridized carbons (Fsp3) is 0. The van der Waals surface area contributed by atoms with Crippen LogP contribution >= 0.6 is 11.6 Å². The molecule has 7 heteroatoms. The molecule has 2 heterocycles. The number of pyridine rings is 1. The molecule has 0 aliphatic rings. The molecular weight excluding hydrogens is 346 g/mol. The first-order valence-corrected chi connectivity index (χ1v) is 5.96. The largest absolute Gasteiger partial charge is 1.00 e. The standard InChI is InChI=1S/C13H8ClN3O2.BrH/c14-10-3-6-13-15-12(8-16(13)7-10)9-1-4-11(5-2-9)17(18)19;/h1-8H;1H. The fourth-order valence-electron chi connectivity index (χ4n) is 1.92. The van der Waals surface area contributed by atoms with E-state index in [-0.39, 0.29) is 22.7 Å². The molecule has 0 saturated carbocycles. The monoisotopic (exact) mass is 353 g/mol. The Morgan fingerprint density at radius 3 is 2.45 bits per heavy atom. The van der Waals surface area contributed by atoms with Gasteiger partial charge in [-0.15, -0.1) is 0 Å². The summed E-state index contributed by atoms with van der Waals surface area (Å²) in [5.41, 5.74) is 2.73. The van der Waals surface area contributed by atoms with Gasteiger partial charge < -0.3 is 17.0 Å². The molecule has 2 aromatic heterocycles. The maximum atomic E-state index is 10.6. The average molecular weight is 355 g/mol. The van der Waals surface area contributed by atoms with E-state index in [1.165, 1.54) is 12.1 Å². The van der Waals surface area contributed by atoms with Gasteiger partial charge in [-0.3, -0.25) is 10.1 Å². The van der Waals surface area contributed by atoms with Gasteiger partial charge in [0, 0.05) is 23.8 Å². The third-order valence-corrected chi connectivity index (χ3v) is 3.08. The van der Waals surface area contributed by atoms with E-state index in [0.29, 0.717) is 5.02 Å². The Balaban J connectivity index is 0.00000147. The Kier molecular flexibility index (Phi) is 4.06. The van der Waals surface area contributed by atoms with Crippen LogP contribution in [0.1, 0.15) is 0 Å². The number of aromatic nitrogens is 2. The van der Waals surface area contributed by atoms with Gasteiger partial charge in [0.1, 0.15) is 12.4 Å².